The molecule has 138 valence electrons. The van der Waals surface area contributed by atoms with Crippen molar-refractivity contribution in [2.75, 3.05) is 32.9 Å². The Labute approximate surface area is 152 Å². The molecule has 1 amide bonds. The second kappa shape index (κ2) is 7.89. The van der Waals surface area contributed by atoms with Crippen LogP contribution in [0.3, 0.4) is 0 Å². The molecule has 0 N–H and O–H groups in total. The first-order valence-corrected chi connectivity index (χ1v) is 9.00. The fourth-order valence-corrected chi connectivity index (χ4v) is 3.67. The van der Waals surface area contributed by atoms with Gasteiger partial charge in [0.05, 0.1) is 17.2 Å². The highest BCUT2D eigenvalue weighted by Crippen LogP contribution is 2.36. The van der Waals surface area contributed by atoms with Crippen LogP contribution in [-0.2, 0) is 14.3 Å². The minimum Gasteiger partial charge on any atom is -0.488 e. The number of piperidine rings is 1. The molecule has 2 saturated heterocycles. The lowest BCUT2D eigenvalue weighted by Gasteiger charge is -2.39. The predicted octanol–water partition coefficient (Wildman–Crippen LogP) is 3.04. The number of ether oxygens (including phenoxy) is 3. The van der Waals surface area contributed by atoms with Crippen molar-refractivity contribution in [1.82, 2.24) is 4.90 Å². The minimum atomic E-state index is -0.469. The Kier molecular flexibility index (Phi) is 5.81. The van der Waals surface area contributed by atoms with Crippen LogP contribution < -0.4 is 4.74 Å². The smallest absolute Gasteiger partial charge is 0.248 e. The average molecular weight is 372 g/mol. The van der Waals surface area contributed by atoms with Crippen LogP contribution in [0.5, 0.6) is 5.75 Å². The molecule has 1 aromatic rings. The maximum atomic E-state index is 13.2. The second-order valence-corrected chi connectivity index (χ2v) is 6.98. The molecule has 2 fully saturated rings. The van der Waals surface area contributed by atoms with Crippen molar-refractivity contribution in [3.8, 4) is 5.75 Å². The fraction of sp³-hybridized carbons (Fsp3) is 0.611. The molecule has 3 rings (SSSR count). The first kappa shape index (κ1) is 18.4. The molecule has 0 radical (unpaired) electrons. The number of carbonyl (C=O) groups excluding carboxylic acids is 1. The monoisotopic (exact) mass is 371 g/mol. The molecule has 2 aliphatic rings. The second-order valence-electron chi connectivity index (χ2n) is 6.57. The van der Waals surface area contributed by atoms with Crippen LogP contribution in [0.15, 0.2) is 18.2 Å². The van der Waals surface area contributed by atoms with E-state index in [1.165, 1.54) is 12.1 Å². The van der Waals surface area contributed by atoms with Gasteiger partial charge in [-0.3, -0.25) is 4.79 Å². The number of nitrogens with zero attached hydrogens (tertiary/aromatic N) is 1. The van der Waals surface area contributed by atoms with Crippen LogP contribution in [0.4, 0.5) is 4.39 Å². The van der Waals surface area contributed by atoms with Crippen LogP contribution >= 0.6 is 11.6 Å². The summed E-state index contributed by atoms with van der Waals surface area (Å²) in [4.78, 5) is 14.0. The van der Waals surface area contributed by atoms with E-state index in [1.54, 1.807) is 6.07 Å². The molecule has 0 bridgehead atoms. The molecule has 7 heteroatoms. The number of carbonyl (C=O) groups is 1. The van der Waals surface area contributed by atoms with Crippen LogP contribution in [0.25, 0.3) is 0 Å². The Balaban J connectivity index is 1.58. The van der Waals surface area contributed by atoms with Crippen molar-refractivity contribution in [3.05, 3.63) is 29.0 Å². The molecular weight excluding hydrogens is 349 g/mol. The van der Waals surface area contributed by atoms with Crippen LogP contribution in [0.2, 0.25) is 5.02 Å². The summed E-state index contributed by atoms with van der Waals surface area (Å²) in [6.07, 6.45) is 2.35. The number of hydrogen-bond donors (Lipinski definition) is 0. The van der Waals surface area contributed by atoms with Gasteiger partial charge in [0, 0.05) is 32.2 Å². The molecule has 1 aromatic carbocycles. The van der Waals surface area contributed by atoms with E-state index in [4.69, 9.17) is 25.8 Å². The number of likely N-dealkylation sites (tertiary alicyclic amines) is 1. The summed E-state index contributed by atoms with van der Waals surface area (Å²) in [6, 6.07) is 4.32. The van der Waals surface area contributed by atoms with E-state index in [1.807, 2.05) is 11.8 Å². The van der Waals surface area contributed by atoms with Gasteiger partial charge in [-0.15, -0.1) is 0 Å². The lowest BCUT2D eigenvalue weighted by molar-refractivity contribution is -0.143. The average Bonchev–Trinajstić information content (AvgIpc) is 2.98. The SMILES string of the molecule is CCOCC(=O)N1CCC[C@]2(C[C@@H](Oc3ccc(F)c(Cl)c3)CO2)C1. The summed E-state index contributed by atoms with van der Waals surface area (Å²) >= 11 is 5.79. The molecule has 25 heavy (non-hydrogen) atoms. The molecule has 0 saturated carbocycles. The molecular formula is C18H23ClFNO4. The number of rotatable bonds is 5. The maximum Gasteiger partial charge on any atom is 0.248 e. The Morgan fingerprint density at radius 1 is 1.52 bits per heavy atom. The van der Waals surface area contributed by atoms with Crippen LogP contribution in [-0.4, -0.2) is 55.4 Å². The molecule has 2 atom stereocenters. The number of amides is 1. The van der Waals surface area contributed by atoms with E-state index in [2.05, 4.69) is 0 Å². The number of hydrogen-bond acceptors (Lipinski definition) is 4. The van der Waals surface area contributed by atoms with Gasteiger partial charge in [-0.2, -0.15) is 0 Å². The summed E-state index contributed by atoms with van der Waals surface area (Å²) in [5.74, 6) is 0.0558. The summed E-state index contributed by atoms with van der Waals surface area (Å²) in [6.45, 7) is 4.24. The quantitative estimate of drug-likeness (QED) is 0.798. The zero-order valence-corrected chi connectivity index (χ0v) is 15.1. The number of halogens is 2. The highest BCUT2D eigenvalue weighted by molar-refractivity contribution is 6.30. The zero-order chi connectivity index (χ0) is 17.9. The van der Waals surface area contributed by atoms with Gasteiger partial charge in [0.25, 0.3) is 0 Å². The topological polar surface area (TPSA) is 48.0 Å². The molecule has 1 spiro atoms. The lowest BCUT2D eigenvalue weighted by Crippen LogP contribution is -2.51. The summed E-state index contributed by atoms with van der Waals surface area (Å²) in [5, 5.41) is 0.0384. The van der Waals surface area contributed by atoms with Gasteiger partial charge < -0.3 is 19.1 Å². The highest BCUT2D eigenvalue weighted by atomic mass is 35.5. The Bertz CT molecular complexity index is 629. The van der Waals surface area contributed by atoms with Crippen molar-refractivity contribution in [2.24, 2.45) is 0 Å². The highest BCUT2D eigenvalue weighted by Gasteiger charge is 2.45. The molecule has 0 unspecified atom stereocenters. The van der Waals surface area contributed by atoms with Crippen molar-refractivity contribution in [2.45, 2.75) is 37.9 Å². The Morgan fingerprint density at radius 3 is 3.12 bits per heavy atom. The first-order chi connectivity index (χ1) is 12.0. The normalized spacial score (nSPS) is 26.2. The van der Waals surface area contributed by atoms with Gasteiger partial charge in [-0.25, -0.2) is 4.39 Å². The molecule has 2 heterocycles. The van der Waals surface area contributed by atoms with Gasteiger partial charge in [0.15, 0.2) is 0 Å². The predicted molar refractivity (Wildman–Crippen MR) is 91.4 cm³/mol. The van der Waals surface area contributed by atoms with Crippen molar-refractivity contribution in [1.29, 1.82) is 0 Å². The van der Waals surface area contributed by atoms with Gasteiger partial charge in [-0.1, -0.05) is 11.6 Å². The third-order valence-electron chi connectivity index (χ3n) is 4.69. The zero-order valence-electron chi connectivity index (χ0n) is 14.3. The first-order valence-electron chi connectivity index (χ1n) is 8.62. The van der Waals surface area contributed by atoms with E-state index in [9.17, 15) is 9.18 Å². The fourth-order valence-electron chi connectivity index (χ4n) is 3.50. The van der Waals surface area contributed by atoms with Gasteiger partial charge in [0.1, 0.15) is 24.3 Å². The largest absolute Gasteiger partial charge is 0.488 e. The summed E-state index contributed by atoms with van der Waals surface area (Å²) in [5.41, 5.74) is -0.366. The molecule has 2 aliphatic heterocycles. The van der Waals surface area contributed by atoms with E-state index < -0.39 is 5.82 Å². The third kappa shape index (κ3) is 4.43. The summed E-state index contributed by atoms with van der Waals surface area (Å²) in [7, 11) is 0. The van der Waals surface area contributed by atoms with Gasteiger partial charge in [0.2, 0.25) is 5.91 Å². The third-order valence-corrected chi connectivity index (χ3v) is 4.98. The van der Waals surface area contributed by atoms with Crippen LogP contribution in [0, 0.1) is 5.82 Å². The minimum absolute atomic E-state index is 0.000732. The Hall–Kier alpha value is -1.37. The van der Waals surface area contributed by atoms with E-state index >= 15 is 0 Å². The summed E-state index contributed by atoms with van der Waals surface area (Å²) < 4.78 is 30.4. The Morgan fingerprint density at radius 2 is 2.36 bits per heavy atom. The van der Waals surface area contributed by atoms with E-state index in [0.717, 1.165) is 19.4 Å². The number of benzene rings is 1. The maximum absolute atomic E-state index is 13.2. The molecule has 0 aliphatic carbocycles. The van der Waals surface area contributed by atoms with Crippen LogP contribution in [0.1, 0.15) is 26.2 Å². The van der Waals surface area contributed by atoms with Crippen molar-refractivity contribution < 1.29 is 23.4 Å². The molecule has 0 aromatic heterocycles. The van der Waals surface area contributed by atoms with E-state index in [-0.39, 0.29) is 29.2 Å². The lowest BCUT2D eigenvalue weighted by atomic mass is 9.89. The standard InChI is InChI=1S/C18H23ClFNO4/c1-2-23-11-17(22)21-7-3-6-18(12-21)9-14(10-24-18)25-13-4-5-16(20)15(19)8-13/h4-5,8,14H,2-3,6-7,9-12H2,1H3/t14-,18+/m1/s1. The molecule has 5 nitrogen and oxygen atoms in total. The van der Waals surface area contributed by atoms with Gasteiger partial charge in [-0.05, 0) is 31.9 Å². The van der Waals surface area contributed by atoms with Crippen molar-refractivity contribution in [3.63, 3.8) is 0 Å². The van der Waals surface area contributed by atoms with Crippen molar-refractivity contribution >= 4 is 17.5 Å². The van der Waals surface area contributed by atoms with Gasteiger partial charge >= 0.3 is 0 Å². The van der Waals surface area contributed by atoms with E-state index in [0.29, 0.717) is 31.9 Å².